The maximum atomic E-state index is 12.5. The van der Waals surface area contributed by atoms with Gasteiger partial charge in [-0.1, -0.05) is 36.8 Å². The highest BCUT2D eigenvalue weighted by atomic mass is 35.5. The maximum absolute atomic E-state index is 12.5. The first kappa shape index (κ1) is 17.1. The molecule has 1 heterocycles. The summed E-state index contributed by atoms with van der Waals surface area (Å²) < 4.78 is 0.761. The Kier molecular flexibility index (Phi) is 5.00. The lowest BCUT2D eigenvalue weighted by molar-refractivity contribution is 0.102. The molecule has 122 valence electrons. The van der Waals surface area contributed by atoms with Gasteiger partial charge in [-0.25, -0.2) is 0 Å². The number of nitrogens with zero attached hydrogens (tertiary/aromatic N) is 1. The lowest BCUT2D eigenvalue weighted by atomic mass is 9.85. The number of nitriles is 1. The van der Waals surface area contributed by atoms with Crippen LogP contribution in [0.15, 0.2) is 24.3 Å². The van der Waals surface area contributed by atoms with Crippen molar-refractivity contribution in [2.75, 3.05) is 5.32 Å². The quantitative estimate of drug-likeness (QED) is 0.718. The Balaban J connectivity index is 2.00. The van der Waals surface area contributed by atoms with Crippen molar-refractivity contribution in [1.82, 2.24) is 0 Å². The molecule has 0 saturated heterocycles. The second-order valence-electron chi connectivity index (χ2n) is 5.97. The van der Waals surface area contributed by atoms with E-state index >= 15 is 0 Å². The molecule has 3 rings (SSSR count). The molecule has 0 radical (unpaired) electrons. The Labute approximate surface area is 154 Å². The zero-order chi connectivity index (χ0) is 17.3. The minimum absolute atomic E-state index is 0.288. The van der Waals surface area contributed by atoms with E-state index in [1.54, 1.807) is 24.3 Å². The topological polar surface area (TPSA) is 52.9 Å². The number of carbonyl (C=O) groups excluding carboxylic acids is 1. The van der Waals surface area contributed by atoms with Gasteiger partial charge in [0.1, 0.15) is 11.1 Å². The third-order valence-corrected chi connectivity index (χ3v) is 5.87. The predicted molar refractivity (Wildman–Crippen MR) is 100 cm³/mol. The molecule has 0 saturated carbocycles. The van der Waals surface area contributed by atoms with Gasteiger partial charge in [-0.15, -0.1) is 11.3 Å². The molecule has 0 fully saturated rings. The van der Waals surface area contributed by atoms with Crippen LogP contribution in [0.25, 0.3) is 0 Å². The highest BCUT2D eigenvalue weighted by Crippen LogP contribution is 2.36. The van der Waals surface area contributed by atoms with Crippen molar-refractivity contribution in [2.24, 2.45) is 5.92 Å². The Hall–Kier alpha value is -1.74. The third kappa shape index (κ3) is 3.36. The molecule has 1 aromatic carbocycles. The number of halogens is 1. The molecule has 0 bridgehead atoms. The summed E-state index contributed by atoms with van der Waals surface area (Å²) in [5.74, 6) is 0.286. The van der Waals surface area contributed by atoms with Gasteiger partial charge < -0.3 is 5.32 Å². The van der Waals surface area contributed by atoms with Crippen LogP contribution in [0.3, 0.4) is 0 Å². The van der Waals surface area contributed by atoms with Crippen molar-refractivity contribution in [1.29, 1.82) is 5.26 Å². The van der Waals surface area contributed by atoms with Crippen LogP contribution < -0.4 is 5.32 Å². The van der Waals surface area contributed by atoms with Gasteiger partial charge in [0.15, 0.2) is 0 Å². The molecule has 24 heavy (non-hydrogen) atoms. The number of carbonyl (C=O) groups is 1. The number of fused-ring (bicyclic) bond motifs is 1. The normalized spacial score (nSPS) is 16.1. The molecule has 1 amide bonds. The summed E-state index contributed by atoms with van der Waals surface area (Å²) in [6.45, 7) is 2.20. The van der Waals surface area contributed by atoms with Gasteiger partial charge in [-0.05, 0) is 54.5 Å². The lowest BCUT2D eigenvalue weighted by Crippen LogP contribution is -2.16. The molecule has 3 nitrogen and oxygen atoms in total. The van der Waals surface area contributed by atoms with E-state index in [-0.39, 0.29) is 5.91 Å². The molecular weight excluding hydrogens is 360 g/mol. The van der Waals surface area contributed by atoms with Gasteiger partial charge in [-0.3, -0.25) is 4.79 Å². The predicted octanol–water partition coefficient (Wildman–Crippen LogP) is 5.38. The number of nitrogens with one attached hydrogen (secondary N) is 1. The van der Waals surface area contributed by atoms with Gasteiger partial charge in [-0.2, -0.15) is 5.26 Å². The van der Waals surface area contributed by atoms with E-state index in [4.69, 9.17) is 23.8 Å². The summed E-state index contributed by atoms with van der Waals surface area (Å²) in [4.78, 5) is 12.5. The van der Waals surface area contributed by atoms with Crippen LogP contribution in [0.4, 0.5) is 5.00 Å². The lowest BCUT2D eigenvalue weighted by Gasteiger charge is -2.23. The first-order chi connectivity index (χ1) is 11.5. The van der Waals surface area contributed by atoms with Crippen molar-refractivity contribution in [3.63, 3.8) is 0 Å². The molecule has 1 aliphatic carbocycles. The smallest absolute Gasteiger partial charge is 0.256 e. The Morgan fingerprint density at radius 1 is 1.46 bits per heavy atom. The molecule has 1 atom stereocenters. The Bertz CT molecular complexity index is 914. The van der Waals surface area contributed by atoms with Gasteiger partial charge in [0.05, 0.1) is 9.39 Å². The molecule has 2 aromatic rings. The van der Waals surface area contributed by atoms with Crippen molar-refractivity contribution in [3.05, 3.63) is 55.4 Å². The largest absolute Gasteiger partial charge is 0.312 e. The summed E-state index contributed by atoms with van der Waals surface area (Å²) in [6, 6.07) is 8.98. The summed E-state index contributed by atoms with van der Waals surface area (Å²) in [5.41, 5.74) is 3.11. The number of benzene rings is 1. The standard InChI is InChI=1S/C18H15ClN2OS2/c1-10-5-6-13-14(7-10)18(23)24-17(15(13)9-20)21-16(22)11-3-2-4-12(19)8-11/h2-4,8,10H,5-7H2,1H3,(H,21,22). The number of rotatable bonds is 2. The fourth-order valence-corrected chi connectivity index (χ4v) is 4.53. The molecule has 0 spiro atoms. The molecular formula is C18H15ClN2OS2. The molecule has 1 N–H and O–H groups in total. The fourth-order valence-electron chi connectivity index (χ4n) is 2.95. The average molecular weight is 375 g/mol. The summed E-state index contributed by atoms with van der Waals surface area (Å²) in [6.07, 6.45) is 2.77. The van der Waals surface area contributed by atoms with E-state index in [2.05, 4.69) is 18.3 Å². The van der Waals surface area contributed by atoms with E-state index in [0.717, 1.165) is 34.2 Å². The van der Waals surface area contributed by atoms with Crippen LogP contribution in [0.2, 0.25) is 5.02 Å². The van der Waals surface area contributed by atoms with Gasteiger partial charge in [0.25, 0.3) is 5.91 Å². The monoisotopic (exact) mass is 374 g/mol. The summed E-state index contributed by atoms with van der Waals surface area (Å²) in [7, 11) is 0. The van der Waals surface area contributed by atoms with Gasteiger partial charge in [0.2, 0.25) is 0 Å². The molecule has 1 aliphatic rings. The van der Waals surface area contributed by atoms with Crippen LogP contribution in [-0.4, -0.2) is 5.91 Å². The minimum Gasteiger partial charge on any atom is -0.312 e. The van der Waals surface area contributed by atoms with Gasteiger partial charge >= 0.3 is 0 Å². The maximum Gasteiger partial charge on any atom is 0.256 e. The number of hydrogen-bond acceptors (Lipinski definition) is 4. The first-order valence-corrected chi connectivity index (χ1v) is 9.25. The number of amides is 1. The summed E-state index contributed by atoms with van der Waals surface area (Å²) in [5, 5.41) is 13.5. The van der Waals surface area contributed by atoms with Crippen LogP contribution in [-0.2, 0) is 12.8 Å². The highest BCUT2D eigenvalue weighted by Gasteiger charge is 2.23. The minimum atomic E-state index is -0.288. The average Bonchev–Trinajstić information content (AvgIpc) is 2.55. The molecule has 1 aromatic heterocycles. The van der Waals surface area contributed by atoms with E-state index < -0.39 is 0 Å². The van der Waals surface area contributed by atoms with Gasteiger partial charge in [0, 0.05) is 10.6 Å². The van der Waals surface area contributed by atoms with Crippen molar-refractivity contribution in [2.45, 2.75) is 26.2 Å². The Morgan fingerprint density at radius 3 is 2.96 bits per heavy atom. The van der Waals surface area contributed by atoms with Crippen LogP contribution in [0, 0.1) is 21.1 Å². The molecule has 0 aliphatic heterocycles. The SMILES string of the molecule is CC1CCc2c(C#N)c(NC(=O)c3cccc(Cl)c3)sc(=S)c2C1. The van der Waals surface area contributed by atoms with Crippen LogP contribution >= 0.6 is 35.2 Å². The zero-order valence-electron chi connectivity index (χ0n) is 13.1. The van der Waals surface area contributed by atoms with Crippen molar-refractivity contribution < 1.29 is 4.79 Å². The molecule has 1 unspecified atom stereocenters. The second kappa shape index (κ2) is 7.02. The molecule has 6 heteroatoms. The van der Waals surface area contributed by atoms with E-state index in [1.807, 2.05) is 0 Å². The zero-order valence-corrected chi connectivity index (χ0v) is 15.4. The first-order valence-electron chi connectivity index (χ1n) is 7.65. The fraction of sp³-hybridized carbons (Fsp3) is 0.278. The number of hydrogen-bond donors (Lipinski definition) is 1. The van der Waals surface area contributed by atoms with Crippen LogP contribution in [0.1, 0.15) is 40.4 Å². The summed E-state index contributed by atoms with van der Waals surface area (Å²) >= 11 is 12.8. The van der Waals surface area contributed by atoms with E-state index in [1.165, 1.54) is 11.3 Å². The van der Waals surface area contributed by atoms with E-state index in [0.29, 0.717) is 27.1 Å². The highest BCUT2D eigenvalue weighted by molar-refractivity contribution is 7.73. The second-order valence-corrected chi connectivity index (χ2v) is 8.10. The third-order valence-electron chi connectivity index (χ3n) is 4.20. The Morgan fingerprint density at radius 2 is 2.25 bits per heavy atom. The van der Waals surface area contributed by atoms with Crippen molar-refractivity contribution >= 4 is 46.1 Å². The van der Waals surface area contributed by atoms with Crippen molar-refractivity contribution in [3.8, 4) is 6.07 Å². The van der Waals surface area contributed by atoms with E-state index in [9.17, 15) is 10.1 Å². The van der Waals surface area contributed by atoms with Crippen LogP contribution in [0.5, 0.6) is 0 Å². The number of anilines is 1.